The Morgan fingerprint density at radius 3 is 1.91 bits per heavy atom. The number of allylic oxidation sites excluding steroid dienone is 4. The zero-order valence-electron chi connectivity index (χ0n) is 13.1. The van der Waals surface area contributed by atoms with Crippen LogP contribution >= 0.6 is 12.6 Å². The Kier molecular flexibility index (Phi) is 4.17. The molecule has 4 aliphatic carbocycles. The largest absolute Gasteiger partial charge is 0.175 e. The van der Waals surface area contributed by atoms with Crippen LogP contribution in [0.25, 0.3) is 0 Å². The molecule has 0 amide bonds. The van der Waals surface area contributed by atoms with E-state index in [2.05, 4.69) is 67.3 Å². The van der Waals surface area contributed by atoms with Gasteiger partial charge in [-0.05, 0) is 67.3 Å². The predicted molar refractivity (Wildman–Crippen MR) is 97.1 cm³/mol. The molecule has 116 valence electrons. The van der Waals surface area contributed by atoms with Crippen LogP contribution < -0.4 is 0 Å². The molecular weight excluding hydrogens is 284 g/mol. The van der Waals surface area contributed by atoms with Gasteiger partial charge in [-0.2, -0.15) is 12.6 Å². The first-order valence-corrected chi connectivity index (χ1v) is 9.38. The summed E-state index contributed by atoms with van der Waals surface area (Å²) in [4.78, 5) is 0. The van der Waals surface area contributed by atoms with E-state index < -0.39 is 0 Å². The van der Waals surface area contributed by atoms with E-state index in [1.54, 1.807) is 0 Å². The van der Waals surface area contributed by atoms with Crippen LogP contribution in [0, 0.1) is 29.6 Å². The lowest BCUT2D eigenvalue weighted by Gasteiger charge is -2.17. The standard InChI is InChI=1S/C14H16.C7H10S/c1-2-4-11(5-3-1)8-14-10-12-6-7-13(14)9-12;8-7-4-5-1-2-6(7)3-5/h1-7,12-14H,8-10H2;1-2,5-8H,3-4H2. The number of benzene rings is 1. The molecule has 4 bridgehead atoms. The van der Waals surface area contributed by atoms with Crippen molar-refractivity contribution in [3.63, 3.8) is 0 Å². The van der Waals surface area contributed by atoms with Gasteiger partial charge < -0.3 is 0 Å². The second kappa shape index (κ2) is 6.28. The minimum atomic E-state index is 0.685. The van der Waals surface area contributed by atoms with Crippen LogP contribution in [0.2, 0.25) is 0 Å². The molecule has 4 aliphatic rings. The lowest BCUT2D eigenvalue weighted by molar-refractivity contribution is 0.446. The average Bonchev–Trinajstić information content (AvgIpc) is 3.29. The minimum absolute atomic E-state index is 0.685. The molecule has 5 rings (SSSR count). The molecule has 0 radical (unpaired) electrons. The highest BCUT2D eigenvalue weighted by Gasteiger charge is 2.35. The maximum atomic E-state index is 4.45. The SMILES string of the molecule is C1=CC2CC1CC2Cc1ccccc1.SC1CC2C=CC1C2. The summed E-state index contributed by atoms with van der Waals surface area (Å²) in [5, 5.41) is 0.685. The first kappa shape index (κ1) is 14.6. The Hall–Kier alpha value is -0.950. The smallest absolute Gasteiger partial charge is 0.00854 e. The summed E-state index contributed by atoms with van der Waals surface area (Å²) in [5.41, 5.74) is 1.51. The van der Waals surface area contributed by atoms with E-state index >= 15 is 0 Å². The molecule has 1 aromatic carbocycles. The van der Waals surface area contributed by atoms with Crippen molar-refractivity contribution in [2.45, 2.75) is 37.4 Å². The Labute approximate surface area is 140 Å². The van der Waals surface area contributed by atoms with E-state index in [0.29, 0.717) is 5.25 Å². The van der Waals surface area contributed by atoms with Crippen LogP contribution in [0.4, 0.5) is 0 Å². The molecule has 2 saturated carbocycles. The number of hydrogen-bond acceptors (Lipinski definition) is 1. The summed E-state index contributed by atoms with van der Waals surface area (Å²) < 4.78 is 0. The number of fused-ring (bicyclic) bond motifs is 4. The Morgan fingerprint density at radius 2 is 1.45 bits per heavy atom. The molecular formula is C21H26S. The highest BCUT2D eigenvalue weighted by Crippen LogP contribution is 2.44. The third-order valence-corrected chi connectivity index (χ3v) is 6.59. The fourth-order valence-corrected chi connectivity index (χ4v) is 5.29. The molecule has 6 atom stereocenters. The van der Waals surface area contributed by atoms with Gasteiger partial charge in [-0.1, -0.05) is 54.6 Å². The molecule has 2 fully saturated rings. The summed E-state index contributed by atoms with van der Waals surface area (Å²) in [7, 11) is 0. The van der Waals surface area contributed by atoms with E-state index in [4.69, 9.17) is 0 Å². The average molecular weight is 311 g/mol. The van der Waals surface area contributed by atoms with Gasteiger partial charge in [-0.3, -0.25) is 0 Å². The van der Waals surface area contributed by atoms with E-state index in [1.165, 1.54) is 37.7 Å². The van der Waals surface area contributed by atoms with Crippen molar-refractivity contribution >= 4 is 12.6 Å². The van der Waals surface area contributed by atoms with Crippen LogP contribution in [0.3, 0.4) is 0 Å². The van der Waals surface area contributed by atoms with Gasteiger partial charge in [0.2, 0.25) is 0 Å². The van der Waals surface area contributed by atoms with Crippen molar-refractivity contribution in [1.29, 1.82) is 0 Å². The first-order chi connectivity index (χ1) is 10.8. The monoisotopic (exact) mass is 310 g/mol. The Morgan fingerprint density at radius 1 is 0.773 bits per heavy atom. The summed E-state index contributed by atoms with van der Waals surface area (Å²) in [5.74, 6) is 4.44. The van der Waals surface area contributed by atoms with Crippen molar-refractivity contribution in [1.82, 2.24) is 0 Å². The number of rotatable bonds is 2. The lowest BCUT2D eigenvalue weighted by atomic mass is 9.88. The second-order valence-electron chi connectivity index (χ2n) is 7.58. The molecule has 0 spiro atoms. The second-order valence-corrected chi connectivity index (χ2v) is 8.24. The third-order valence-electron chi connectivity index (χ3n) is 6.00. The molecule has 6 unspecified atom stereocenters. The highest BCUT2D eigenvalue weighted by atomic mass is 32.1. The quantitative estimate of drug-likeness (QED) is 0.554. The van der Waals surface area contributed by atoms with Gasteiger partial charge in [0.1, 0.15) is 0 Å². The summed E-state index contributed by atoms with van der Waals surface area (Å²) in [6.45, 7) is 0. The van der Waals surface area contributed by atoms with E-state index in [-0.39, 0.29) is 0 Å². The normalized spacial score (nSPS) is 40.0. The van der Waals surface area contributed by atoms with Crippen LogP contribution in [0.5, 0.6) is 0 Å². The van der Waals surface area contributed by atoms with Gasteiger partial charge in [0.05, 0.1) is 0 Å². The van der Waals surface area contributed by atoms with Crippen LogP contribution in [0.15, 0.2) is 54.6 Å². The fourth-order valence-electron chi connectivity index (χ4n) is 4.80. The number of thiol groups is 1. The van der Waals surface area contributed by atoms with Crippen molar-refractivity contribution < 1.29 is 0 Å². The van der Waals surface area contributed by atoms with Crippen LogP contribution in [-0.2, 0) is 6.42 Å². The van der Waals surface area contributed by atoms with Crippen molar-refractivity contribution in [2.75, 3.05) is 0 Å². The Bertz CT molecular complexity index is 559. The number of hydrogen-bond donors (Lipinski definition) is 1. The molecule has 0 N–H and O–H groups in total. The first-order valence-electron chi connectivity index (χ1n) is 8.86. The zero-order valence-corrected chi connectivity index (χ0v) is 14.0. The van der Waals surface area contributed by atoms with Crippen LogP contribution in [0.1, 0.15) is 31.2 Å². The molecule has 0 nitrogen and oxygen atoms in total. The van der Waals surface area contributed by atoms with Gasteiger partial charge >= 0.3 is 0 Å². The molecule has 0 aliphatic heterocycles. The fraction of sp³-hybridized carbons (Fsp3) is 0.524. The predicted octanol–water partition coefficient (Wildman–Crippen LogP) is 5.32. The van der Waals surface area contributed by atoms with Gasteiger partial charge in [0.25, 0.3) is 0 Å². The lowest BCUT2D eigenvalue weighted by Crippen LogP contribution is -2.09. The molecule has 0 saturated heterocycles. The van der Waals surface area contributed by atoms with E-state index in [0.717, 1.165) is 29.6 Å². The molecule has 1 heteroatoms. The molecule has 1 aromatic rings. The van der Waals surface area contributed by atoms with E-state index in [1.807, 2.05) is 0 Å². The van der Waals surface area contributed by atoms with Gasteiger partial charge in [0.15, 0.2) is 0 Å². The van der Waals surface area contributed by atoms with Crippen molar-refractivity contribution in [2.24, 2.45) is 29.6 Å². The van der Waals surface area contributed by atoms with Crippen molar-refractivity contribution in [3.8, 4) is 0 Å². The topological polar surface area (TPSA) is 0 Å². The maximum absolute atomic E-state index is 4.45. The molecule has 0 aromatic heterocycles. The van der Waals surface area contributed by atoms with E-state index in [9.17, 15) is 0 Å². The molecule has 22 heavy (non-hydrogen) atoms. The summed E-state index contributed by atoms with van der Waals surface area (Å²) in [6.07, 6.45) is 16.4. The summed E-state index contributed by atoms with van der Waals surface area (Å²) >= 11 is 4.45. The molecule has 0 heterocycles. The van der Waals surface area contributed by atoms with Crippen molar-refractivity contribution in [3.05, 3.63) is 60.2 Å². The van der Waals surface area contributed by atoms with Gasteiger partial charge in [-0.25, -0.2) is 0 Å². The Balaban J connectivity index is 0.000000132. The highest BCUT2D eigenvalue weighted by molar-refractivity contribution is 7.81. The van der Waals surface area contributed by atoms with Crippen LogP contribution in [-0.4, -0.2) is 5.25 Å². The third kappa shape index (κ3) is 3.06. The minimum Gasteiger partial charge on any atom is -0.175 e. The van der Waals surface area contributed by atoms with Gasteiger partial charge in [-0.15, -0.1) is 0 Å². The summed E-state index contributed by atoms with van der Waals surface area (Å²) in [6, 6.07) is 10.9. The van der Waals surface area contributed by atoms with Gasteiger partial charge in [0, 0.05) is 5.25 Å². The zero-order chi connectivity index (χ0) is 14.9. The maximum Gasteiger partial charge on any atom is 0.00854 e.